The van der Waals surface area contributed by atoms with Crippen LogP contribution in [0.1, 0.15) is 24.3 Å². The highest BCUT2D eigenvalue weighted by molar-refractivity contribution is 7.91. The average Bonchev–Trinajstić information content (AvgIpc) is 2.77. The Kier molecular flexibility index (Phi) is 4.37. The molecule has 7 heteroatoms. The van der Waals surface area contributed by atoms with Gasteiger partial charge in [0.25, 0.3) is 10.0 Å². The molecule has 1 saturated heterocycles. The Hall–Kier alpha value is -0.500. The second kappa shape index (κ2) is 5.64. The maximum atomic E-state index is 12.4. The Morgan fingerprint density at radius 2 is 2.39 bits per heavy atom. The van der Waals surface area contributed by atoms with Gasteiger partial charge in [0.05, 0.1) is 11.2 Å². The first-order chi connectivity index (χ1) is 8.54. The third-order valence-corrected chi connectivity index (χ3v) is 6.43. The van der Waals surface area contributed by atoms with Gasteiger partial charge in [0.2, 0.25) is 0 Å². The Bertz CT molecular complexity index is 496. The summed E-state index contributed by atoms with van der Waals surface area (Å²) < 4.78 is 26.6. The van der Waals surface area contributed by atoms with Crippen molar-refractivity contribution in [2.75, 3.05) is 19.7 Å². The molecule has 2 heterocycles. The van der Waals surface area contributed by atoms with Crippen LogP contribution in [0.2, 0.25) is 0 Å². The van der Waals surface area contributed by atoms with E-state index in [4.69, 9.17) is 5.11 Å². The summed E-state index contributed by atoms with van der Waals surface area (Å²) in [4.78, 5) is 4.01. The molecule has 1 unspecified atom stereocenters. The van der Waals surface area contributed by atoms with Crippen molar-refractivity contribution in [1.82, 2.24) is 9.29 Å². The van der Waals surface area contributed by atoms with Gasteiger partial charge < -0.3 is 5.11 Å². The van der Waals surface area contributed by atoms with Crippen LogP contribution in [0, 0.1) is 12.8 Å². The van der Waals surface area contributed by atoms with Gasteiger partial charge in [-0.3, -0.25) is 0 Å². The van der Waals surface area contributed by atoms with Crippen molar-refractivity contribution in [1.29, 1.82) is 0 Å². The van der Waals surface area contributed by atoms with Gasteiger partial charge in [0.15, 0.2) is 4.21 Å². The number of piperidine rings is 1. The zero-order valence-electron chi connectivity index (χ0n) is 10.4. The molecule has 1 aromatic heterocycles. The fourth-order valence-electron chi connectivity index (χ4n) is 2.25. The second-order valence-electron chi connectivity index (χ2n) is 4.58. The molecule has 0 saturated carbocycles. The lowest BCUT2D eigenvalue weighted by Crippen LogP contribution is -2.39. The number of thiazole rings is 1. The minimum absolute atomic E-state index is 0.123. The van der Waals surface area contributed by atoms with Gasteiger partial charge in [-0.1, -0.05) is 0 Å². The SMILES string of the molecule is Cc1ncc(S(=O)(=O)N2CCCC(CCO)C2)s1. The van der Waals surface area contributed by atoms with Gasteiger partial charge >= 0.3 is 0 Å². The summed E-state index contributed by atoms with van der Waals surface area (Å²) >= 11 is 1.21. The number of rotatable bonds is 4. The summed E-state index contributed by atoms with van der Waals surface area (Å²) in [5, 5.41) is 9.71. The molecule has 0 bridgehead atoms. The molecule has 0 amide bonds. The van der Waals surface area contributed by atoms with E-state index in [0.717, 1.165) is 17.8 Å². The predicted octanol–water partition coefficient (Wildman–Crippen LogP) is 1.23. The van der Waals surface area contributed by atoms with Gasteiger partial charge in [-0.2, -0.15) is 4.31 Å². The molecule has 0 spiro atoms. The molecule has 1 fully saturated rings. The molecular weight excluding hydrogens is 272 g/mol. The first-order valence-corrected chi connectivity index (χ1v) is 8.33. The molecule has 0 aromatic carbocycles. The third-order valence-electron chi connectivity index (χ3n) is 3.21. The smallest absolute Gasteiger partial charge is 0.254 e. The maximum Gasteiger partial charge on any atom is 0.254 e. The van der Waals surface area contributed by atoms with Gasteiger partial charge in [-0.05, 0) is 32.1 Å². The molecule has 1 N–H and O–H groups in total. The van der Waals surface area contributed by atoms with E-state index < -0.39 is 10.0 Å². The number of aliphatic hydroxyl groups is 1. The van der Waals surface area contributed by atoms with Crippen molar-refractivity contribution in [2.24, 2.45) is 5.92 Å². The Morgan fingerprint density at radius 3 is 3.00 bits per heavy atom. The van der Waals surface area contributed by atoms with Crippen molar-refractivity contribution >= 4 is 21.4 Å². The van der Waals surface area contributed by atoms with Crippen LogP contribution in [-0.2, 0) is 10.0 Å². The highest BCUT2D eigenvalue weighted by Gasteiger charge is 2.31. The second-order valence-corrected chi connectivity index (χ2v) is 7.98. The highest BCUT2D eigenvalue weighted by Crippen LogP contribution is 2.27. The van der Waals surface area contributed by atoms with Gasteiger partial charge in [-0.25, -0.2) is 13.4 Å². The van der Waals surface area contributed by atoms with Gasteiger partial charge in [0.1, 0.15) is 0 Å². The maximum absolute atomic E-state index is 12.4. The molecular formula is C11H18N2O3S2. The summed E-state index contributed by atoms with van der Waals surface area (Å²) in [6.45, 7) is 3.01. The molecule has 1 aliphatic heterocycles. The van der Waals surface area contributed by atoms with E-state index in [0.29, 0.717) is 23.7 Å². The summed E-state index contributed by atoms with van der Waals surface area (Å²) in [7, 11) is -3.38. The van der Waals surface area contributed by atoms with Crippen LogP contribution in [0.4, 0.5) is 0 Å². The Balaban J connectivity index is 2.15. The van der Waals surface area contributed by atoms with Gasteiger partial charge in [-0.15, -0.1) is 11.3 Å². The normalized spacial score (nSPS) is 22.2. The van der Waals surface area contributed by atoms with E-state index in [2.05, 4.69) is 4.98 Å². The quantitative estimate of drug-likeness (QED) is 0.905. The summed E-state index contributed by atoms with van der Waals surface area (Å²) in [6, 6.07) is 0. The molecule has 1 atom stereocenters. The fraction of sp³-hybridized carbons (Fsp3) is 0.727. The summed E-state index contributed by atoms with van der Waals surface area (Å²) in [5.41, 5.74) is 0. The topological polar surface area (TPSA) is 70.5 Å². The standard InChI is InChI=1S/C11H18N2O3S2/c1-9-12-7-11(17-9)18(15,16)13-5-2-3-10(8-13)4-6-14/h7,10,14H,2-6,8H2,1H3. The first-order valence-electron chi connectivity index (χ1n) is 6.07. The molecule has 1 aliphatic rings. The monoisotopic (exact) mass is 290 g/mol. The lowest BCUT2D eigenvalue weighted by Gasteiger charge is -2.31. The zero-order chi connectivity index (χ0) is 13.2. The van der Waals surface area contributed by atoms with Crippen LogP contribution in [0.25, 0.3) is 0 Å². The number of aromatic nitrogens is 1. The number of hydrogen-bond donors (Lipinski definition) is 1. The van der Waals surface area contributed by atoms with E-state index in [9.17, 15) is 8.42 Å². The number of nitrogens with zero attached hydrogens (tertiary/aromatic N) is 2. The van der Waals surface area contributed by atoms with Gasteiger partial charge in [0, 0.05) is 19.7 Å². The zero-order valence-corrected chi connectivity index (χ0v) is 12.0. The minimum Gasteiger partial charge on any atom is -0.396 e. The van der Waals surface area contributed by atoms with Crippen LogP contribution >= 0.6 is 11.3 Å². The lowest BCUT2D eigenvalue weighted by molar-refractivity contribution is 0.203. The molecule has 2 rings (SSSR count). The van der Waals surface area contributed by atoms with Crippen molar-refractivity contribution in [3.8, 4) is 0 Å². The highest BCUT2D eigenvalue weighted by atomic mass is 32.2. The van der Waals surface area contributed by atoms with Crippen LogP contribution < -0.4 is 0 Å². The van der Waals surface area contributed by atoms with E-state index in [-0.39, 0.29) is 12.5 Å². The number of sulfonamides is 1. The van der Waals surface area contributed by atoms with Crippen molar-refractivity contribution in [3.05, 3.63) is 11.2 Å². The largest absolute Gasteiger partial charge is 0.396 e. The summed E-state index contributed by atoms with van der Waals surface area (Å²) in [6.07, 6.45) is 3.97. The molecule has 0 radical (unpaired) electrons. The van der Waals surface area contributed by atoms with E-state index in [1.54, 1.807) is 6.92 Å². The first kappa shape index (κ1) is 13.9. The lowest BCUT2D eigenvalue weighted by atomic mass is 9.97. The Labute approximate surface area is 112 Å². The third kappa shape index (κ3) is 2.90. The van der Waals surface area contributed by atoms with Crippen molar-refractivity contribution in [2.45, 2.75) is 30.4 Å². The number of aliphatic hydroxyl groups excluding tert-OH is 1. The van der Waals surface area contributed by atoms with Crippen LogP contribution in [0.15, 0.2) is 10.4 Å². The van der Waals surface area contributed by atoms with E-state index in [1.165, 1.54) is 21.8 Å². The Morgan fingerprint density at radius 1 is 1.61 bits per heavy atom. The van der Waals surface area contributed by atoms with Crippen LogP contribution in [-0.4, -0.2) is 42.5 Å². The van der Waals surface area contributed by atoms with Crippen molar-refractivity contribution < 1.29 is 13.5 Å². The fourth-order valence-corrected chi connectivity index (χ4v) is 5.07. The number of hydrogen-bond acceptors (Lipinski definition) is 5. The van der Waals surface area contributed by atoms with Crippen LogP contribution in [0.5, 0.6) is 0 Å². The van der Waals surface area contributed by atoms with Crippen LogP contribution in [0.3, 0.4) is 0 Å². The predicted molar refractivity (Wildman–Crippen MR) is 70.0 cm³/mol. The van der Waals surface area contributed by atoms with E-state index >= 15 is 0 Å². The number of aryl methyl sites for hydroxylation is 1. The molecule has 5 nitrogen and oxygen atoms in total. The minimum atomic E-state index is -3.38. The molecule has 102 valence electrons. The summed E-state index contributed by atoms with van der Waals surface area (Å²) in [5.74, 6) is 0.271. The van der Waals surface area contributed by atoms with E-state index in [1.807, 2.05) is 0 Å². The average molecular weight is 290 g/mol. The van der Waals surface area contributed by atoms with Crippen molar-refractivity contribution in [3.63, 3.8) is 0 Å². The molecule has 1 aromatic rings. The molecule has 18 heavy (non-hydrogen) atoms. The molecule has 0 aliphatic carbocycles.